The van der Waals surface area contributed by atoms with Gasteiger partial charge < -0.3 is 50.6 Å². The third-order valence-corrected chi connectivity index (χ3v) is 8.44. The van der Waals surface area contributed by atoms with E-state index in [9.17, 15) is 35.1 Å². The lowest BCUT2D eigenvalue weighted by Crippen LogP contribution is -2.49. The van der Waals surface area contributed by atoms with Crippen LogP contribution in [0.2, 0.25) is 0 Å². The lowest BCUT2D eigenvalue weighted by molar-refractivity contribution is -0.118. The van der Waals surface area contributed by atoms with Crippen LogP contribution in [0.25, 0.3) is 0 Å². The normalized spacial score (nSPS) is 16.5. The molecule has 4 rings (SSSR count). The highest BCUT2D eigenvalue weighted by atomic mass is 32.1. The molecule has 0 saturated heterocycles. The number of amides is 2. The van der Waals surface area contributed by atoms with Crippen LogP contribution in [-0.2, 0) is 11.2 Å². The molecular weight excluding hydrogens is 664 g/mol. The molecule has 2 heterocycles. The molecule has 0 radical (unpaired) electrons. The molecule has 264 valence electrons. The lowest BCUT2D eigenvalue weighted by Gasteiger charge is -2.28. The number of nitrogens with one attached hydrogen (secondary N) is 2. The minimum Gasteiger partial charge on any atom is -0.505 e. The Hall–Kier alpha value is -4.72. The number of benzene rings is 2. The van der Waals surface area contributed by atoms with Gasteiger partial charge in [0.25, 0.3) is 11.8 Å². The van der Waals surface area contributed by atoms with Crippen LogP contribution in [0, 0.1) is 24.7 Å². The van der Waals surface area contributed by atoms with Gasteiger partial charge in [0.1, 0.15) is 24.1 Å². The molecule has 14 heteroatoms. The highest BCUT2D eigenvalue weighted by Gasteiger charge is 2.30. The number of rotatable bonds is 14. The predicted molar refractivity (Wildman–Crippen MR) is 191 cm³/mol. The summed E-state index contributed by atoms with van der Waals surface area (Å²) >= 11 is 5.59. The molecule has 13 nitrogen and oxygen atoms in total. The second-order valence-electron chi connectivity index (χ2n) is 11.9. The number of aliphatic imine (C=N–C) groups is 1. The number of para-hydroxylation sites is 1. The van der Waals surface area contributed by atoms with E-state index >= 15 is 0 Å². The topological polar surface area (TPSA) is 208 Å². The number of phenols is 1. The van der Waals surface area contributed by atoms with Gasteiger partial charge in [-0.1, -0.05) is 42.3 Å². The molecule has 2 aromatic carbocycles. The molecule has 8 N–H and O–H groups in total. The van der Waals surface area contributed by atoms with Crippen LogP contribution < -0.4 is 10.6 Å². The molecule has 5 atom stereocenters. The van der Waals surface area contributed by atoms with E-state index in [1.54, 1.807) is 67.4 Å². The maximum atomic E-state index is 13.3. The zero-order chi connectivity index (χ0) is 36.4. The molecule has 1 aliphatic heterocycles. The van der Waals surface area contributed by atoms with Gasteiger partial charge in [0.15, 0.2) is 5.76 Å². The molecule has 0 spiro atoms. The average Bonchev–Trinajstić information content (AvgIpc) is 3.54. The molecule has 1 aromatic heterocycles. The summed E-state index contributed by atoms with van der Waals surface area (Å²) in [5.74, 6) is 4.57. The quantitative estimate of drug-likeness (QED) is 0.0690. The van der Waals surface area contributed by atoms with E-state index in [2.05, 4.69) is 27.5 Å². The van der Waals surface area contributed by atoms with Gasteiger partial charge >= 0.3 is 0 Å². The first-order chi connectivity index (χ1) is 23.9. The molecule has 1 unspecified atom stereocenters. The SMILES string of the molecule is Cc1ccoc1C(=O)Nc1cccc(C#CC2C=NC=C(C(=O)Nc3cccc(CCCN(C)C[C@H](O)[C@@H](O)[C@@H](O)[C@H](O)CO)c3O)C2=S)c1. The van der Waals surface area contributed by atoms with E-state index in [1.807, 2.05) is 0 Å². The van der Waals surface area contributed by atoms with Crippen LogP contribution in [0.4, 0.5) is 11.4 Å². The minimum absolute atomic E-state index is 0.0157. The van der Waals surface area contributed by atoms with Crippen LogP contribution in [0.3, 0.4) is 0 Å². The molecular formula is C36H40N4O9S. The molecule has 0 aliphatic carbocycles. The maximum Gasteiger partial charge on any atom is 0.291 e. The Bertz CT molecular complexity index is 1810. The van der Waals surface area contributed by atoms with Gasteiger partial charge in [0, 0.05) is 40.6 Å². The first-order valence-corrected chi connectivity index (χ1v) is 16.2. The Morgan fingerprint density at radius 1 is 1.04 bits per heavy atom. The number of hydrogen-bond acceptors (Lipinski definition) is 12. The number of aliphatic hydroxyl groups is 5. The first kappa shape index (κ1) is 38.1. The highest BCUT2D eigenvalue weighted by molar-refractivity contribution is 7.81. The average molecular weight is 705 g/mol. The molecule has 3 aromatic rings. The van der Waals surface area contributed by atoms with Gasteiger partial charge in [0.05, 0.1) is 36.2 Å². The summed E-state index contributed by atoms with van der Waals surface area (Å²) in [6, 6.07) is 13.6. The van der Waals surface area contributed by atoms with Gasteiger partial charge in [-0.25, -0.2) is 0 Å². The maximum absolute atomic E-state index is 13.3. The number of furan rings is 1. The van der Waals surface area contributed by atoms with E-state index in [-0.39, 0.29) is 40.1 Å². The highest BCUT2D eigenvalue weighted by Crippen LogP contribution is 2.29. The molecule has 2 amide bonds. The molecule has 0 saturated carbocycles. The number of anilines is 2. The number of nitrogens with zero attached hydrogens (tertiary/aromatic N) is 2. The third-order valence-electron chi connectivity index (χ3n) is 7.97. The van der Waals surface area contributed by atoms with E-state index in [0.29, 0.717) is 41.8 Å². The number of aliphatic hydroxyl groups excluding tert-OH is 5. The van der Waals surface area contributed by atoms with Gasteiger partial charge in [-0.05, 0) is 69.3 Å². The zero-order valence-corrected chi connectivity index (χ0v) is 28.3. The number of likely N-dealkylation sites (N-methyl/N-ethyl adjacent to an activating group) is 1. The Morgan fingerprint density at radius 3 is 2.50 bits per heavy atom. The third kappa shape index (κ3) is 9.93. The van der Waals surface area contributed by atoms with E-state index in [1.165, 1.54) is 18.7 Å². The zero-order valence-electron chi connectivity index (χ0n) is 27.5. The van der Waals surface area contributed by atoms with Crippen molar-refractivity contribution in [2.45, 2.75) is 44.2 Å². The lowest BCUT2D eigenvalue weighted by atomic mass is 9.97. The number of carbonyl (C=O) groups is 2. The van der Waals surface area contributed by atoms with Crippen molar-refractivity contribution in [3.63, 3.8) is 0 Å². The number of phenolic OH excluding ortho intramolecular Hbond substituents is 1. The van der Waals surface area contributed by atoms with Gasteiger partial charge in [-0.3, -0.25) is 14.6 Å². The number of carbonyl (C=O) groups excluding carboxylic acids is 2. The fraction of sp³-hybridized carbons (Fsp3) is 0.333. The summed E-state index contributed by atoms with van der Waals surface area (Å²) in [6.45, 7) is 1.45. The van der Waals surface area contributed by atoms with E-state index < -0.39 is 42.8 Å². The van der Waals surface area contributed by atoms with Crippen LogP contribution in [0.5, 0.6) is 5.75 Å². The fourth-order valence-electron chi connectivity index (χ4n) is 5.11. The van der Waals surface area contributed by atoms with E-state index in [0.717, 1.165) is 0 Å². The van der Waals surface area contributed by atoms with Crippen molar-refractivity contribution < 1.29 is 44.6 Å². The summed E-state index contributed by atoms with van der Waals surface area (Å²) < 4.78 is 5.25. The van der Waals surface area contributed by atoms with Crippen molar-refractivity contribution in [2.75, 3.05) is 37.4 Å². The number of aromatic hydroxyl groups is 1. The molecule has 0 fully saturated rings. The largest absolute Gasteiger partial charge is 0.505 e. The Kier molecular flexibility index (Phi) is 13.6. The van der Waals surface area contributed by atoms with Crippen LogP contribution in [-0.4, -0.2) is 110 Å². The van der Waals surface area contributed by atoms with Crippen LogP contribution in [0.1, 0.15) is 33.7 Å². The Balaban J connectivity index is 1.32. The molecule has 50 heavy (non-hydrogen) atoms. The summed E-state index contributed by atoms with van der Waals surface area (Å²) in [4.78, 5) is 31.9. The number of hydrogen-bond donors (Lipinski definition) is 8. The van der Waals surface area contributed by atoms with Crippen LogP contribution >= 0.6 is 12.2 Å². The summed E-state index contributed by atoms with van der Waals surface area (Å²) in [7, 11) is 1.70. The van der Waals surface area contributed by atoms with Crippen molar-refractivity contribution in [1.82, 2.24) is 4.90 Å². The first-order valence-electron chi connectivity index (χ1n) is 15.8. The van der Waals surface area contributed by atoms with Crippen molar-refractivity contribution in [3.8, 4) is 17.6 Å². The predicted octanol–water partition coefficient (Wildman–Crippen LogP) is 1.79. The van der Waals surface area contributed by atoms with E-state index in [4.69, 9.17) is 21.7 Å². The number of thiocarbonyl (C=S) groups is 1. The molecule has 0 bridgehead atoms. The van der Waals surface area contributed by atoms with Crippen LogP contribution in [0.15, 0.2) is 76.0 Å². The van der Waals surface area contributed by atoms with Gasteiger partial charge in [0.2, 0.25) is 0 Å². The molecule has 1 aliphatic rings. The smallest absolute Gasteiger partial charge is 0.291 e. The second-order valence-corrected chi connectivity index (χ2v) is 12.3. The second kappa shape index (κ2) is 17.8. The van der Waals surface area contributed by atoms with Crippen molar-refractivity contribution in [3.05, 3.63) is 89.0 Å². The van der Waals surface area contributed by atoms with Crippen molar-refractivity contribution in [1.29, 1.82) is 0 Å². The fourth-order valence-corrected chi connectivity index (χ4v) is 5.37. The number of aryl methyl sites for hydroxylation is 2. The minimum atomic E-state index is -1.70. The van der Waals surface area contributed by atoms with Crippen molar-refractivity contribution >= 4 is 46.5 Å². The summed E-state index contributed by atoms with van der Waals surface area (Å²) in [6.07, 6.45) is -1.03. The van der Waals surface area contributed by atoms with Gasteiger partial charge in [-0.2, -0.15) is 0 Å². The van der Waals surface area contributed by atoms with Crippen molar-refractivity contribution in [2.24, 2.45) is 10.9 Å². The van der Waals surface area contributed by atoms with Gasteiger partial charge in [-0.15, -0.1) is 0 Å². The standard InChI is InChI=1S/C36H40N4O9S/c1-21-13-15-49-33(21)36(48)38-25-9-3-6-22(16-25)11-12-24-17-37-18-26(34(24)50)35(47)39-27-10-4-7-23(30(27)44)8-5-14-40(2)19-28(42)31(45)32(46)29(43)20-41/h3-4,6-7,9-10,13,15-18,24,28-29,31-32,41-46H,5,8,14,19-20H2,1-2H3,(H,38,48)(H,39,47)/t24?,28-,29+,31+,32-/m0/s1. The summed E-state index contributed by atoms with van der Waals surface area (Å²) in [5, 5.41) is 64.9. The monoisotopic (exact) mass is 704 g/mol. The summed E-state index contributed by atoms with van der Waals surface area (Å²) in [5.41, 5.74) is 2.72. The Labute approximate surface area is 294 Å². The Morgan fingerprint density at radius 2 is 1.78 bits per heavy atom.